The molecule has 0 aliphatic rings. The minimum absolute atomic E-state index is 0.0156. The number of rotatable bonds is 8. The molecule has 0 saturated heterocycles. The molecule has 160 valence electrons. The largest absolute Gasteiger partial charge is 0.452 e. The monoisotopic (exact) mass is 497 g/mol. The van der Waals surface area contributed by atoms with E-state index < -0.39 is 34.5 Å². The number of ether oxygens (including phenoxy) is 1. The molecule has 1 unspecified atom stereocenters. The Morgan fingerprint density at radius 3 is 2.20 bits per heavy atom. The molecule has 9 nitrogen and oxygen atoms in total. The summed E-state index contributed by atoms with van der Waals surface area (Å²) in [7, 11) is -3.91. The molecule has 0 aliphatic carbocycles. The van der Waals surface area contributed by atoms with E-state index in [1.807, 2.05) is 0 Å². The number of esters is 1. The minimum Gasteiger partial charge on any atom is -0.452 e. The predicted molar refractivity (Wildman–Crippen MR) is 114 cm³/mol. The van der Waals surface area contributed by atoms with Crippen molar-refractivity contribution in [1.29, 1.82) is 0 Å². The van der Waals surface area contributed by atoms with Gasteiger partial charge in [0.2, 0.25) is 15.9 Å². The smallest absolute Gasteiger partial charge is 0.321 e. The van der Waals surface area contributed by atoms with E-state index in [9.17, 15) is 22.8 Å². The van der Waals surface area contributed by atoms with E-state index in [0.29, 0.717) is 15.8 Å². The van der Waals surface area contributed by atoms with E-state index in [-0.39, 0.29) is 10.8 Å². The van der Waals surface area contributed by atoms with Gasteiger partial charge in [-0.25, -0.2) is 8.42 Å². The first-order valence-electron chi connectivity index (χ1n) is 8.70. The highest BCUT2D eigenvalue weighted by atomic mass is 79.9. The lowest BCUT2D eigenvalue weighted by molar-refractivity contribution is -0.151. The quantitative estimate of drug-likeness (QED) is 0.479. The minimum atomic E-state index is -3.91. The summed E-state index contributed by atoms with van der Waals surface area (Å²) in [5.74, 6) is -1.72. The molecule has 0 radical (unpaired) electrons. The van der Waals surface area contributed by atoms with Crippen LogP contribution in [0.25, 0.3) is 0 Å². The van der Waals surface area contributed by atoms with E-state index in [4.69, 9.17) is 4.74 Å². The van der Waals surface area contributed by atoms with Crippen molar-refractivity contribution in [3.8, 4) is 0 Å². The van der Waals surface area contributed by atoms with E-state index in [1.54, 1.807) is 36.4 Å². The molecule has 2 aromatic rings. The second-order valence-electron chi connectivity index (χ2n) is 6.16. The lowest BCUT2D eigenvalue weighted by Gasteiger charge is -2.14. The van der Waals surface area contributed by atoms with Crippen molar-refractivity contribution >= 4 is 55.1 Å². The normalized spacial score (nSPS) is 12.0. The summed E-state index contributed by atoms with van der Waals surface area (Å²) >= 11 is 3.18. The zero-order valence-corrected chi connectivity index (χ0v) is 18.5. The first kappa shape index (κ1) is 23.5. The average Bonchev–Trinajstić information content (AvgIpc) is 2.67. The van der Waals surface area contributed by atoms with Crippen molar-refractivity contribution < 1.29 is 27.5 Å². The summed E-state index contributed by atoms with van der Waals surface area (Å²) in [4.78, 5) is 35.1. The van der Waals surface area contributed by atoms with Crippen LogP contribution in [-0.4, -0.2) is 38.9 Å². The molecule has 0 aliphatic heterocycles. The van der Waals surface area contributed by atoms with Gasteiger partial charge in [0.1, 0.15) is 6.54 Å². The molecule has 0 spiro atoms. The van der Waals surface area contributed by atoms with Crippen LogP contribution < -0.4 is 15.4 Å². The number of carbonyl (C=O) groups is 3. The first-order chi connectivity index (χ1) is 14.1. The van der Waals surface area contributed by atoms with Crippen molar-refractivity contribution in [2.24, 2.45) is 0 Å². The lowest BCUT2D eigenvalue weighted by Crippen LogP contribution is -2.35. The number of halogens is 1. The van der Waals surface area contributed by atoms with Gasteiger partial charge in [0.25, 0.3) is 5.91 Å². The maximum atomic E-state index is 12.2. The number of sulfonamides is 1. The Morgan fingerprint density at radius 2 is 1.63 bits per heavy atom. The molecule has 0 saturated carbocycles. The third kappa shape index (κ3) is 7.25. The summed E-state index contributed by atoms with van der Waals surface area (Å²) in [6.45, 7) is 2.12. The average molecular weight is 498 g/mol. The first-order valence-corrected chi connectivity index (χ1v) is 11.0. The van der Waals surface area contributed by atoms with Gasteiger partial charge in [0, 0.05) is 22.8 Å². The Hall–Kier alpha value is -2.76. The van der Waals surface area contributed by atoms with Crippen LogP contribution in [0.3, 0.4) is 0 Å². The second-order valence-corrected chi connectivity index (χ2v) is 8.84. The van der Waals surface area contributed by atoms with Gasteiger partial charge < -0.3 is 15.4 Å². The Labute approximate surface area is 182 Å². The van der Waals surface area contributed by atoms with E-state index >= 15 is 0 Å². The van der Waals surface area contributed by atoms with Gasteiger partial charge in [-0.3, -0.25) is 14.4 Å². The van der Waals surface area contributed by atoms with Gasteiger partial charge in [0.15, 0.2) is 6.10 Å². The highest BCUT2D eigenvalue weighted by Gasteiger charge is 2.21. The molecule has 0 bridgehead atoms. The van der Waals surface area contributed by atoms with Crippen LogP contribution in [0, 0.1) is 0 Å². The molecule has 3 N–H and O–H groups in total. The SMILES string of the molecule is CC(=O)Nc1ccc(NC(=O)C(C)OC(=O)CNS(=O)(=O)c2cccc(Br)c2)cc1. The standard InChI is InChI=1S/C19H20BrN3O6S/c1-12(19(26)23-16-8-6-15(7-9-16)22-13(2)24)29-18(25)11-21-30(27,28)17-5-3-4-14(20)10-17/h3-10,12,21H,11H2,1-2H3,(H,22,24)(H,23,26). The zero-order chi connectivity index (χ0) is 22.3. The highest BCUT2D eigenvalue weighted by molar-refractivity contribution is 9.10. The Bertz CT molecular complexity index is 1040. The fourth-order valence-corrected chi connectivity index (χ4v) is 3.81. The summed E-state index contributed by atoms with van der Waals surface area (Å²) in [5, 5.41) is 5.15. The van der Waals surface area contributed by atoms with Gasteiger partial charge in [-0.05, 0) is 49.4 Å². The molecule has 0 aromatic heterocycles. The molecule has 2 rings (SSSR count). The van der Waals surface area contributed by atoms with Crippen LogP contribution in [0.2, 0.25) is 0 Å². The van der Waals surface area contributed by atoms with E-state index in [2.05, 4.69) is 31.3 Å². The topological polar surface area (TPSA) is 131 Å². The highest BCUT2D eigenvalue weighted by Crippen LogP contribution is 2.16. The third-order valence-electron chi connectivity index (χ3n) is 3.66. The van der Waals surface area contributed by atoms with Crippen molar-refractivity contribution in [2.45, 2.75) is 24.8 Å². The summed E-state index contributed by atoms with van der Waals surface area (Å²) < 4.78 is 32.1. The van der Waals surface area contributed by atoms with Gasteiger partial charge >= 0.3 is 5.97 Å². The molecule has 1 atom stereocenters. The number of carbonyl (C=O) groups excluding carboxylic acids is 3. The van der Waals surface area contributed by atoms with Gasteiger partial charge in [-0.1, -0.05) is 22.0 Å². The van der Waals surface area contributed by atoms with Gasteiger partial charge in [0.05, 0.1) is 4.90 Å². The number of amides is 2. The Balaban J connectivity index is 1.86. The Kier molecular flexibility index (Phi) is 8.09. The molecule has 2 amide bonds. The molecular weight excluding hydrogens is 478 g/mol. The molecule has 11 heteroatoms. The van der Waals surface area contributed by atoms with Crippen LogP contribution in [-0.2, 0) is 29.1 Å². The van der Waals surface area contributed by atoms with Crippen LogP contribution in [0.5, 0.6) is 0 Å². The predicted octanol–water partition coefficient (Wildman–Crippen LogP) is 2.26. The fourth-order valence-electron chi connectivity index (χ4n) is 2.25. The zero-order valence-electron chi connectivity index (χ0n) is 16.1. The molecule has 30 heavy (non-hydrogen) atoms. The number of hydrogen-bond donors (Lipinski definition) is 3. The van der Waals surface area contributed by atoms with E-state index in [0.717, 1.165) is 0 Å². The summed E-state index contributed by atoms with van der Waals surface area (Å²) in [5.41, 5.74) is 1.00. The lowest BCUT2D eigenvalue weighted by atomic mass is 10.2. The van der Waals surface area contributed by atoms with Crippen LogP contribution in [0.15, 0.2) is 57.9 Å². The van der Waals surface area contributed by atoms with Crippen LogP contribution in [0.4, 0.5) is 11.4 Å². The molecule has 0 fully saturated rings. The number of benzene rings is 2. The van der Waals surface area contributed by atoms with Gasteiger partial charge in [-0.2, -0.15) is 4.72 Å². The second kappa shape index (κ2) is 10.3. The molecular formula is C19H20BrN3O6S. The van der Waals surface area contributed by atoms with Crippen molar-refractivity contribution in [1.82, 2.24) is 4.72 Å². The van der Waals surface area contributed by atoms with Crippen molar-refractivity contribution in [2.75, 3.05) is 17.2 Å². The summed E-state index contributed by atoms with van der Waals surface area (Å²) in [6.07, 6.45) is -1.15. The number of nitrogens with one attached hydrogen (secondary N) is 3. The molecule has 0 heterocycles. The van der Waals surface area contributed by atoms with Gasteiger partial charge in [-0.15, -0.1) is 0 Å². The fraction of sp³-hybridized carbons (Fsp3) is 0.211. The maximum Gasteiger partial charge on any atom is 0.321 e. The third-order valence-corrected chi connectivity index (χ3v) is 5.56. The van der Waals surface area contributed by atoms with Crippen LogP contribution in [0.1, 0.15) is 13.8 Å². The Morgan fingerprint density at radius 1 is 1.03 bits per heavy atom. The maximum absolute atomic E-state index is 12.2. The van der Waals surface area contributed by atoms with Crippen molar-refractivity contribution in [3.05, 3.63) is 53.0 Å². The molecule has 2 aromatic carbocycles. The van der Waals surface area contributed by atoms with E-state index in [1.165, 1.54) is 26.0 Å². The number of anilines is 2. The number of hydrogen-bond acceptors (Lipinski definition) is 6. The van der Waals surface area contributed by atoms with Crippen LogP contribution >= 0.6 is 15.9 Å². The summed E-state index contributed by atoms with van der Waals surface area (Å²) in [6, 6.07) is 12.3. The van der Waals surface area contributed by atoms with Crippen molar-refractivity contribution in [3.63, 3.8) is 0 Å².